The Hall–Kier alpha value is -0.520. The predicted molar refractivity (Wildman–Crippen MR) is 50.3 cm³/mol. The second-order valence-corrected chi connectivity index (χ2v) is 4.66. The zero-order valence-electron chi connectivity index (χ0n) is 6.52. The predicted octanol–water partition coefficient (Wildman–Crippen LogP) is 1.24. The minimum absolute atomic E-state index is 0.291. The van der Waals surface area contributed by atoms with Gasteiger partial charge in [0, 0.05) is 0 Å². The van der Waals surface area contributed by atoms with Crippen LogP contribution in [0.5, 0.6) is 0 Å². The molecular weight excluding hydrogens is 194 g/mol. The molecule has 0 saturated heterocycles. The summed E-state index contributed by atoms with van der Waals surface area (Å²) in [6, 6.07) is 8.26. The lowest BCUT2D eigenvalue weighted by Gasteiger charge is -2.01. The number of rotatable bonds is 3. The van der Waals surface area contributed by atoms with Gasteiger partial charge in [0.25, 0.3) is 0 Å². The minimum Gasteiger partial charge on any atom is -0.206 e. The molecule has 66 valence electrons. The normalized spacial score (nSPS) is 11.4. The molecule has 3 nitrogen and oxygen atoms in total. The fourth-order valence-corrected chi connectivity index (χ4v) is 2.54. The Morgan fingerprint density at radius 1 is 1.25 bits per heavy atom. The largest absolute Gasteiger partial charge is 0.249 e. The van der Waals surface area contributed by atoms with Crippen molar-refractivity contribution in [2.45, 2.75) is 4.90 Å². The van der Waals surface area contributed by atoms with Crippen molar-refractivity contribution in [2.75, 3.05) is 6.26 Å². The molecule has 1 aromatic rings. The van der Waals surface area contributed by atoms with Crippen molar-refractivity contribution in [1.29, 1.82) is 0 Å². The second kappa shape index (κ2) is 3.93. The monoisotopic (exact) mass is 203 g/mol. The molecule has 5 heteroatoms. The van der Waals surface area contributed by atoms with Crippen LogP contribution in [0.1, 0.15) is 0 Å². The summed E-state index contributed by atoms with van der Waals surface area (Å²) in [6.45, 7) is 0. The second-order valence-electron chi connectivity index (χ2n) is 2.10. The lowest BCUT2D eigenvalue weighted by atomic mass is 10.4. The van der Waals surface area contributed by atoms with Crippen LogP contribution in [0.3, 0.4) is 0 Å². The molecule has 1 rings (SSSR count). The molecule has 0 aliphatic heterocycles. The quantitative estimate of drug-likeness (QED) is 0.752. The van der Waals surface area contributed by atoms with Crippen molar-refractivity contribution in [2.24, 2.45) is 0 Å². The van der Waals surface area contributed by atoms with Gasteiger partial charge < -0.3 is 0 Å². The molecule has 1 N–H and O–H groups in total. The summed E-state index contributed by atoms with van der Waals surface area (Å²) in [5, 5.41) is 0. The summed E-state index contributed by atoms with van der Waals surface area (Å²) < 4.78 is 24.9. The molecule has 0 radical (unpaired) electrons. The van der Waals surface area contributed by atoms with Crippen LogP contribution in [0.4, 0.5) is 0 Å². The number of hydrogen-bond acceptors (Lipinski definition) is 3. The first-order valence-electron chi connectivity index (χ1n) is 3.26. The van der Waals surface area contributed by atoms with E-state index in [4.69, 9.17) is 0 Å². The fraction of sp³-hybridized carbons (Fsp3) is 0.143. The minimum atomic E-state index is -3.30. The molecule has 0 aliphatic rings. The van der Waals surface area contributed by atoms with Crippen LogP contribution >= 0.6 is 11.9 Å². The number of sulfonamides is 1. The van der Waals surface area contributed by atoms with E-state index in [0.29, 0.717) is 4.90 Å². The maximum atomic E-state index is 11.3. The Morgan fingerprint density at radius 2 is 1.83 bits per heavy atom. The molecular formula is C7H9NO2S2. The number of hydrogen-bond donors (Lipinski definition) is 1. The molecule has 0 unspecified atom stereocenters. The average Bonchev–Trinajstić information content (AvgIpc) is 2.06. The van der Waals surface area contributed by atoms with Crippen LogP contribution < -0.4 is 4.13 Å². The van der Waals surface area contributed by atoms with E-state index in [-0.39, 0.29) is 0 Å². The van der Waals surface area contributed by atoms with E-state index >= 15 is 0 Å². The third kappa shape index (κ3) is 2.23. The number of nitrogens with one attached hydrogen (secondary N) is 1. The van der Waals surface area contributed by atoms with Gasteiger partial charge in [-0.2, -0.15) is 4.13 Å². The highest BCUT2D eigenvalue weighted by Gasteiger charge is 2.10. The average molecular weight is 203 g/mol. The van der Waals surface area contributed by atoms with Gasteiger partial charge in [0.05, 0.1) is 4.90 Å². The van der Waals surface area contributed by atoms with E-state index in [0.717, 1.165) is 11.9 Å². The van der Waals surface area contributed by atoms with Gasteiger partial charge in [0.2, 0.25) is 10.0 Å². The van der Waals surface area contributed by atoms with Gasteiger partial charge in [-0.25, -0.2) is 8.42 Å². The highest BCUT2D eigenvalue weighted by atomic mass is 32.3. The van der Waals surface area contributed by atoms with Gasteiger partial charge >= 0.3 is 0 Å². The Kier molecular flexibility index (Phi) is 3.13. The molecule has 0 spiro atoms. The maximum absolute atomic E-state index is 11.3. The Balaban J connectivity index is 2.99. The molecule has 0 amide bonds. The molecule has 0 atom stereocenters. The summed E-state index contributed by atoms with van der Waals surface area (Å²) in [7, 11) is -3.30. The van der Waals surface area contributed by atoms with Gasteiger partial charge in [0.1, 0.15) is 0 Å². The highest BCUT2D eigenvalue weighted by molar-refractivity contribution is 8.08. The third-order valence-corrected chi connectivity index (χ3v) is 3.68. The summed E-state index contributed by atoms with van der Waals surface area (Å²) in [4.78, 5) is 0.291. The SMILES string of the molecule is CSNS(=O)(=O)c1ccccc1. The molecule has 0 bridgehead atoms. The Labute approximate surface area is 76.4 Å². The first kappa shape index (κ1) is 9.57. The van der Waals surface area contributed by atoms with Gasteiger partial charge in [-0.3, -0.25) is 0 Å². The van der Waals surface area contributed by atoms with E-state index < -0.39 is 10.0 Å². The van der Waals surface area contributed by atoms with Crippen molar-refractivity contribution < 1.29 is 8.42 Å². The molecule has 0 saturated carbocycles. The van der Waals surface area contributed by atoms with Gasteiger partial charge in [0.15, 0.2) is 0 Å². The first-order valence-corrected chi connectivity index (χ1v) is 5.97. The van der Waals surface area contributed by atoms with E-state index in [1.54, 1.807) is 36.6 Å². The van der Waals surface area contributed by atoms with Crippen molar-refractivity contribution in [3.05, 3.63) is 30.3 Å². The van der Waals surface area contributed by atoms with E-state index in [1.165, 1.54) is 0 Å². The van der Waals surface area contributed by atoms with Gasteiger partial charge in [-0.15, -0.1) is 0 Å². The standard InChI is InChI=1S/C7H9NO2S2/c1-11-8-12(9,10)7-5-3-2-4-6-7/h2-6,8H,1H3. The zero-order valence-corrected chi connectivity index (χ0v) is 8.15. The maximum Gasteiger partial charge on any atom is 0.249 e. The summed E-state index contributed by atoms with van der Waals surface area (Å²) >= 11 is 1.07. The smallest absolute Gasteiger partial charge is 0.206 e. The summed E-state index contributed by atoms with van der Waals surface area (Å²) in [6.07, 6.45) is 1.67. The molecule has 1 aromatic carbocycles. The van der Waals surface area contributed by atoms with Crippen LogP contribution in [-0.2, 0) is 10.0 Å². The first-order chi connectivity index (χ1) is 5.67. The molecule has 0 aromatic heterocycles. The zero-order chi connectivity index (χ0) is 9.03. The van der Waals surface area contributed by atoms with Crippen LogP contribution in [0.25, 0.3) is 0 Å². The lowest BCUT2D eigenvalue weighted by molar-refractivity contribution is 0.594. The highest BCUT2D eigenvalue weighted by Crippen LogP contribution is 2.08. The Morgan fingerprint density at radius 3 is 2.33 bits per heavy atom. The Bertz CT molecular complexity index is 334. The number of benzene rings is 1. The molecule has 0 heterocycles. The summed E-state index contributed by atoms with van der Waals surface area (Å²) in [5.41, 5.74) is 0. The fourth-order valence-electron chi connectivity index (χ4n) is 0.757. The van der Waals surface area contributed by atoms with Crippen molar-refractivity contribution >= 4 is 22.0 Å². The van der Waals surface area contributed by atoms with E-state index in [2.05, 4.69) is 4.13 Å². The van der Waals surface area contributed by atoms with E-state index in [9.17, 15) is 8.42 Å². The van der Waals surface area contributed by atoms with Crippen LogP contribution in [0.2, 0.25) is 0 Å². The van der Waals surface area contributed by atoms with E-state index in [1.807, 2.05) is 0 Å². The van der Waals surface area contributed by atoms with Crippen molar-refractivity contribution in [3.8, 4) is 0 Å². The summed E-state index contributed by atoms with van der Waals surface area (Å²) in [5.74, 6) is 0. The van der Waals surface area contributed by atoms with Gasteiger partial charge in [-0.1, -0.05) is 30.1 Å². The van der Waals surface area contributed by atoms with Crippen molar-refractivity contribution in [3.63, 3.8) is 0 Å². The van der Waals surface area contributed by atoms with Crippen LogP contribution in [0, 0.1) is 0 Å². The topological polar surface area (TPSA) is 46.2 Å². The third-order valence-electron chi connectivity index (χ3n) is 1.25. The van der Waals surface area contributed by atoms with Gasteiger partial charge in [-0.05, 0) is 18.4 Å². The van der Waals surface area contributed by atoms with Crippen LogP contribution in [-0.4, -0.2) is 14.7 Å². The molecule has 12 heavy (non-hydrogen) atoms. The molecule has 0 fully saturated rings. The lowest BCUT2D eigenvalue weighted by Crippen LogP contribution is -2.15. The van der Waals surface area contributed by atoms with Crippen molar-refractivity contribution in [1.82, 2.24) is 4.13 Å². The molecule has 0 aliphatic carbocycles. The van der Waals surface area contributed by atoms with Crippen LogP contribution in [0.15, 0.2) is 35.2 Å².